The van der Waals surface area contributed by atoms with E-state index in [1.165, 1.54) is 0 Å². The van der Waals surface area contributed by atoms with Crippen LogP contribution in [0.25, 0.3) is 0 Å². The van der Waals surface area contributed by atoms with Gasteiger partial charge in [0.1, 0.15) is 11.5 Å². The molecule has 0 saturated heterocycles. The number of hydrogen-bond acceptors (Lipinski definition) is 6. The van der Waals surface area contributed by atoms with Crippen molar-refractivity contribution < 1.29 is 19.1 Å². The van der Waals surface area contributed by atoms with Crippen molar-refractivity contribution in [3.05, 3.63) is 70.5 Å². The maximum atomic E-state index is 12.6. The van der Waals surface area contributed by atoms with E-state index in [-0.39, 0.29) is 33.8 Å². The smallest absolute Gasteiger partial charge is 0.311 e. The fourth-order valence-corrected chi connectivity index (χ4v) is 5.83. The number of rotatable bonds is 11. The van der Waals surface area contributed by atoms with E-state index in [0.29, 0.717) is 24.4 Å². The number of nitrogens with one attached hydrogen (secondary N) is 2. The van der Waals surface area contributed by atoms with E-state index in [0.717, 1.165) is 61.1 Å². The molecular formula is C34H48N2O4. The Morgan fingerprint density at radius 2 is 0.900 bits per heavy atom. The maximum absolute atomic E-state index is 12.6. The Balaban J connectivity index is 1.12. The van der Waals surface area contributed by atoms with Gasteiger partial charge < -0.3 is 20.1 Å². The zero-order valence-electron chi connectivity index (χ0n) is 25.8. The van der Waals surface area contributed by atoms with Gasteiger partial charge in [0.25, 0.3) is 0 Å². The van der Waals surface area contributed by atoms with Crippen LogP contribution in [0.1, 0.15) is 107 Å². The van der Waals surface area contributed by atoms with E-state index in [2.05, 4.69) is 90.3 Å². The fourth-order valence-electron chi connectivity index (χ4n) is 5.83. The van der Waals surface area contributed by atoms with E-state index in [1.807, 2.05) is 12.2 Å². The van der Waals surface area contributed by atoms with E-state index in [4.69, 9.17) is 9.47 Å². The lowest BCUT2D eigenvalue weighted by atomic mass is 9.85. The average Bonchev–Trinajstić information content (AvgIpc) is 3.27. The molecule has 6 heteroatoms. The molecular weight excluding hydrogens is 500 g/mol. The van der Waals surface area contributed by atoms with Crippen LogP contribution < -0.4 is 10.6 Å². The van der Waals surface area contributed by atoms with Crippen molar-refractivity contribution in [1.82, 2.24) is 10.6 Å². The molecule has 0 atom stereocenters. The standard InChI is InChI=1S/C34H48N2O4/c1-31(2)19-25-23(17-33(5,6)35-25)27(21-31)39-29(37)15-13-11-9-10-12-14-16-30(38)40-28-22-32(3,4)20-26-24(28)18-34(7,8)36-26/h17-22,35-36H,9-16H2,1-8H3. The van der Waals surface area contributed by atoms with Gasteiger partial charge in [-0.1, -0.05) is 65.5 Å². The van der Waals surface area contributed by atoms with Crippen LogP contribution in [0.4, 0.5) is 0 Å². The summed E-state index contributed by atoms with van der Waals surface area (Å²) in [4.78, 5) is 25.2. The van der Waals surface area contributed by atoms with E-state index in [9.17, 15) is 9.59 Å². The number of esters is 2. The molecule has 0 amide bonds. The van der Waals surface area contributed by atoms with Crippen LogP contribution in [0, 0.1) is 10.8 Å². The van der Waals surface area contributed by atoms with Crippen LogP contribution in [0.3, 0.4) is 0 Å². The summed E-state index contributed by atoms with van der Waals surface area (Å²) < 4.78 is 11.6. The largest absolute Gasteiger partial charge is 0.426 e. The summed E-state index contributed by atoms with van der Waals surface area (Å²) in [7, 11) is 0. The van der Waals surface area contributed by atoms with Crippen LogP contribution in [0.2, 0.25) is 0 Å². The molecule has 2 aliphatic carbocycles. The third-order valence-electron chi connectivity index (χ3n) is 7.53. The molecule has 0 aromatic heterocycles. The van der Waals surface area contributed by atoms with Gasteiger partial charge in [-0.15, -0.1) is 0 Å². The zero-order chi connectivity index (χ0) is 29.3. The Labute approximate surface area is 240 Å². The van der Waals surface area contributed by atoms with Gasteiger partial charge in [0.2, 0.25) is 0 Å². The van der Waals surface area contributed by atoms with Gasteiger partial charge in [-0.2, -0.15) is 0 Å². The molecule has 40 heavy (non-hydrogen) atoms. The highest BCUT2D eigenvalue weighted by Gasteiger charge is 2.36. The highest BCUT2D eigenvalue weighted by molar-refractivity contribution is 5.73. The lowest BCUT2D eigenvalue weighted by Gasteiger charge is -2.26. The second-order valence-corrected chi connectivity index (χ2v) is 14.2. The maximum Gasteiger partial charge on any atom is 0.311 e. The minimum absolute atomic E-state index is 0.156. The second kappa shape index (κ2) is 11.1. The third kappa shape index (κ3) is 7.80. The predicted octanol–water partition coefficient (Wildman–Crippen LogP) is 7.43. The van der Waals surface area contributed by atoms with Gasteiger partial charge in [-0.3, -0.25) is 9.59 Å². The molecule has 0 saturated carbocycles. The van der Waals surface area contributed by atoms with Gasteiger partial charge in [0.15, 0.2) is 0 Å². The molecule has 0 aromatic rings. The molecule has 2 aliphatic heterocycles. The zero-order valence-corrected chi connectivity index (χ0v) is 25.8. The summed E-state index contributed by atoms with van der Waals surface area (Å²) in [6, 6.07) is 0. The van der Waals surface area contributed by atoms with Crippen molar-refractivity contribution in [1.29, 1.82) is 0 Å². The van der Waals surface area contributed by atoms with Gasteiger partial charge in [-0.05, 0) is 64.8 Å². The van der Waals surface area contributed by atoms with Crippen molar-refractivity contribution in [2.75, 3.05) is 0 Å². The average molecular weight is 549 g/mol. The molecule has 0 aromatic carbocycles. The van der Waals surface area contributed by atoms with Crippen molar-refractivity contribution in [3.8, 4) is 0 Å². The molecule has 0 bridgehead atoms. The Kier molecular flexibility index (Phi) is 8.31. The first-order valence-electron chi connectivity index (χ1n) is 14.9. The Morgan fingerprint density at radius 3 is 1.27 bits per heavy atom. The third-order valence-corrected chi connectivity index (χ3v) is 7.53. The molecule has 4 aliphatic rings. The first kappa shape index (κ1) is 30.0. The number of carbonyl (C=O) groups is 2. The van der Waals surface area contributed by atoms with E-state index < -0.39 is 0 Å². The van der Waals surface area contributed by atoms with Crippen molar-refractivity contribution in [2.24, 2.45) is 10.8 Å². The fraction of sp³-hybridized carbons (Fsp3) is 0.588. The van der Waals surface area contributed by atoms with Crippen molar-refractivity contribution in [2.45, 2.75) is 118 Å². The topological polar surface area (TPSA) is 76.7 Å². The van der Waals surface area contributed by atoms with Gasteiger partial charge >= 0.3 is 11.9 Å². The molecule has 0 unspecified atom stereocenters. The molecule has 0 radical (unpaired) electrons. The summed E-state index contributed by atoms with van der Waals surface area (Å²) in [6.07, 6.45) is 19.2. The van der Waals surface area contributed by atoms with Crippen LogP contribution in [0.15, 0.2) is 70.5 Å². The first-order chi connectivity index (χ1) is 18.5. The quantitative estimate of drug-likeness (QED) is 0.207. The Hall–Kier alpha value is -3.02. The Morgan fingerprint density at radius 1 is 0.550 bits per heavy atom. The molecule has 0 spiro atoms. The number of fused-ring (bicyclic) bond motifs is 2. The van der Waals surface area contributed by atoms with Crippen molar-refractivity contribution in [3.63, 3.8) is 0 Å². The lowest BCUT2D eigenvalue weighted by molar-refractivity contribution is -0.140. The van der Waals surface area contributed by atoms with Crippen LogP contribution in [0.5, 0.6) is 0 Å². The summed E-state index contributed by atoms with van der Waals surface area (Å²) in [5, 5.41) is 7.01. The number of unbranched alkanes of at least 4 members (excludes halogenated alkanes) is 5. The number of ether oxygens (including phenoxy) is 2. The molecule has 4 rings (SSSR count). The van der Waals surface area contributed by atoms with Gasteiger partial charge in [-0.25, -0.2) is 0 Å². The number of hydrogen-bond donors (Lipinski definition) is 2. The normalized spacial score (nSPS) is 22.6. The second-order valence-electron chi connectivity index (χ2n) is 14.2. The van der Waals surface area contributed by atoms with Crippen LogP contribution in [-0.2, 0) is 19.1 Å². The van der Waals surface area contributed by atoms with E-state index >= 15 is 0 Å². The number of carbonyl (C=O) groups excluding carboxylic acids is 2. The summed E-state index contributed by atoms with van der Waals surface area (Å²) in [6.45, 7) is 16.9. The minimum atomic E-state index is -0.175. The monoisotopic (exact) mass is 548 g/mol. The highest BCUT2D eigenvalue weighted by atomic mass is 16.5. The van der Waals surface area contributed by atoms with Crippen molar-refractivity contribution >= 4 is 11.9 Å². The van der Waals surface area contributed by atoms with Crippen LogP contribution >= 0.6 is 0 Å². The number of allylic oxidation sites excluding steroid dienone is 4. The van der Waals surface area contributed by atoms with Gasteiger partial charge in [0.05, 0.1) is 11.1 Å². The first-order valence-corrected chi connectivity index (χ1v) is 14.9. The minimum Gasteiger partial charge on any atom is -0.426 e. The SMILES string of the molecule is CC1(C)C=C2NC(C)(C)C=C2C(OC(=O)CCCCCCCCC(=O)OC2=CC(C)(C)C=C3NC(C)(C)C=C32)=C1. The lowest BCUT2D eigenvalue weighted by Crippen LogP contribution is -2.32. The molecule has 2 N–H and O–H groups in total. The molecule has 6 nitrogen and oxygen atoms in total. The van der Waals surface area contributed by atoms with E-state index in [1.54, 1.807) is 0 Å². The molecule has 218 valence electrons. The summed E-state index contributed by atoms with van der Waals surface area (Å²) in [5.74, 6) is 0.986. The summed E-state index contributed by atoms with van der Waals surface area (Å²) >= 11 is 0. The van der Waals surface area contributed by atoms with Crippen LogP contribution in [-0.4, -0.2) is 23.0 Å². The molecule has 0 fully saturated rings. The summed E-state index contributed by atoms with van der Waals surface area (Å²) in [5.41, 5.74) is 3.40. The predicted molar refractivity (Wildman–Crippen MR) is 160 cm³/mol. The molecule has 2 heterocycles. The Bertz CT molecular complexity index is 1140. The highest BCUT2D eigenvalue weighted by Crippen LogP contribution is 2.41. The van der Waals surface area contributed by atoms with Gasteiger partial charge in [0, 0.05) is 46.2 Å².